The molecule has 0 amide bonds. The van der Waals surface area contributed by atoms with Crippen molar-refractivity contribution in [2.45, 2.75) is 25.3 Å². The van der Waals surface area contributed by atoms with Crippen LogP contribution in [0.5, 0.6) is 0 Å². The minimum atomic E-state index is 0.489. The van der Waals surface area contributed by atoms with Gasteiger partial charge in [0.1, 0.15) is 11.9 Å². The molecule has 108 valence electrons. The van der Waals surface area contributed by atoms with Crippen molar-refractivity contribution in [3.05, 3.63) is 35.9 Å². The summed E-state index contributed by atoms with van der Waals surface area (Å²) < 4.78 is 0. The van der Waals surface area contributed by atoms with Gasteiger partial charge in [0.15, 0.2) is 0 Å². The molecule has 21 heavy (non-hydrogen) atoms. The monoisotopic (exact) mass is 280 g/mol. The smallest absolute Gasteiger partial charge is 0.147 e. The van der Waals surface area contributed by atoms with Gasteiger partial charge < -0.3 is 10.2 Å². The van der Waals surface area contributed by atoms with Crippen molar-refractivity contribution in [2.75, 3.05) is 25.0 Å². The summed E-state index contributed by atoms with van der Waals surface area (Å²) in [6, 6.07) is 12.6. The van der Waals surface area contributed by atoms with Gasteiger partial charge in [0.05, 0.1) is 11.1 Å². The minimum absolute atomic E-state index is 0.489. The molecule has 0 bridgehead atoms. The lowest BCUT2D eigenvalue weighted by Crippen LogP contribution is -2.42. The SMILES string of the molecule is CN(CC1CCCCN1)c1nc2ccccc2cc1C#N. The zero-order valence-electron chi connectivity index (χ0n) is 12.3. The van der Waals surface area contributed by atoms with Gasteiger partial charge in [0, 0.05) is 25.0 Å². The molecule has 1 aliphatic heterocycles. The minimum Gasteiger partial charge on any atom is -0.357 e. The second-order valence-electron chi connectivity index (χ2n) is 5.69. The number of nitrogens with zero attached hydrogens (tertiary/aromatic N) is 3. The van der Waals surface area contributed by atoms with E-state index < -0.39 is 0 Å². The zero-order chi connectivity index (χ0) is 14.7. The molecule has 3 rings (SSSR count). The third kappa shape index (κ3) is 2.98. The fraction of sp³-hybridized carbons (Fsp3) is 0.412. The first-order valence-corrected chi connectivity index (χ1v) is 7.52. The molecule has 1 aliphatic rings. The van der Waals surface area contributed by atoms with Crippen LogP contribution in [0.15, 0.2) is 30.3 Å². The van der Waals surface area contributed by atoms with Gasteiger partial charge in [-0.1, -0.05) is 24.6 Å². The quantitative estimate of drug-likeness (QED) is 0.939. The Morgan fingerprint density at radius 1 is 1.38 bits per heavy atom. The van der Waals surface area contributed by atoms with Gasteiger partial charge in [-0.15, -0.1) is 0 Å². The van der Waals surface area contributed by atoms with Crippen LogP contribution < -0.4 is 10.2 Å². The molecule has 2 aromatic rings. The number of aromatic nitrogens is 1. The van der Waals surface area contributed by atoms with E-state index in [2.05, 4.69) is 21.3 Å². The summed E-state index contributed by atoms with van der Waals surface area (Å²) in [5.41, 5.74) is 1.59. The van der Waals surface area contributed by atoms with Crippen molar-refractivity contribution in [2.24, 2.45) is 0 Å². The maximum atomic E-state index is 9.40. The molecule has 0 radical (unpaired) electrons. The van der Waals surface area contributed by atoms with E-state index >= 15 is 0 Å². The third-order valence-electron chi connectivity index (χ3n) is 4.09. The van der Waals surface area contributed by atoms with Crippen molar-refractivity contribution in [3.63, 3.8) is 0 Å². The van der Waals surface area contributed by atoms with E-state index in [0.717, 1.165) is 29.8 Å². The van der Waals surface area contributed by atoms with Crippen LogP contribution in [0.2, 0.25) is 0 Å². The molecule has 1 atom stereocenters. The number of piperidine rings is 1. The lowest BCUT2D eigenvalue weighted by atomic mass is 10.0. The van der Waals surface area contributed by atoms with Crippen LogP contribution >= 0.6 is 0 Å². The van der Waals surface area contributed by atoms with Crippen LogP contribution in [-0.4, -0.2) is 31.2 Å². The van der Waals surface area contributed by atoms with Crippen molar-refractivity contribution in [3.8, 4) is 6.07 Å². The van der Waals surface area contributed by atoms with E-state index in [0.29, 0.717) is 11.6 Å². The number of nitrogens with one attached hydrogen (secondary N) is 1. The average Bonchev–Trinajstić information content (AvgIpc) is 2.54. The molecule has 1 unspecified atom stereocenters. The Balaban J connectivity index is 1.89. The maximum absolute atomic E-state index is 9.40. The molecular formula is C17H20N4. The highest BCUT2D eigenvalue weighted by Crippen LogP contribution is 2.23. The first-order chi connectivity index (χ1) is 10.3. The van der Waals surface area contributed by atoms with Gasteiger partial charge in [-0.05, 0) is 31.5 Å². The van der Waals surface area contributed by atoms with Crippen molar-refractivity contribution in [1.29, 1.82) is 5.26 Å². The summed E-state index contributed by atoms with van der Waals surface area (Å²) in [6.07, 6.45) is 3.74. The fourth-order valence-corrected chi connectivity index (χ4v) is 2.98. The first kappa shape index (κ1) is 13.8. The summed E-state index contributed by atoms with van der Waals surface area (Å²) in [6.45, 7) is 1.98. The van der Waals surface area contributed by atoms with Crippen molar-refractivity contribution in [1.82, 2.24) is 10.3 Å². The Bertz CT molecular complexity index is 668. The molecule has 0 aliphatic carbocycles. The molecule has 4 nitrogen and oxygen atoms in total. The van der Waals surface area contributed by atoms with Crippen LogP contribution in [0, 0.1) is 11.3 Å². The Hall–Kier alpha value is -2.12. The highest BCUT2D eigenvalue weighted by atomic mass is 15.2. The summed E-state index contributed by atoms with van der Waals surface area (Å²) >= 11 is 0. The van der Waals surface area contributed by atoms with Gasteiger partial charge in [0.25, 0.3) is 0 Å². The number of hydrogen-bond acceptors (Lipinski definition) is 4. The van der Waals surface area contributed by atoms with E-state index in [1.54, 1.807) is 0 Å². The van der Waals surface area contributed by atoms with E-state index in [1.165, 1.54) is 19.3 Å². The first-order valence-electron chi connectivity index (χ1n) is 7.52. The Morgan fingerprint density at radius 3 is 3.00 bits per heavy atom. The van der Waals surface area contributed by atoms with E-state index in [9.17, 15) is 5.26 Å². The van der Waals surface area contributed by atoms with E-state index in [1.807, 2.05) is 37.4 Å². The molecule has 1 N–H and O–H groups in total. The predicted octanol–water partition coefficient (Wildman–Crippen LogP) is 2.68. The molecule has 1 aromatic heterocycles. The maximum Gasteiger partial charge on any atom is 0.147 e. The van der Waals surface area contributed by atoms with Gasteiger partial charge in [-0.25, -0.2) is 4.98 Å². The Morgan fingerprint density at radius 2 is 2.24 bits per heavy atom. The standard InChI is InChI=1S/C17H20N4/c1-21(12-15-7-4-5-9-19-15)17-14(11-18)10-13-6-2-3-8-16(13)20-17/h2-3,6,8,10,15,19H,4-5,7,9,12H2,1H3. The third-order valence-corrected chi connectivity index (χ3v) is 4.09. The van der Waals surface area contributed by atoms with E-state index in [4.69, 9.17) is 0 Å². The predicted molar refractivity (Wildman–Crippen MR) is 85.4 cm³/mol. The number of anilines is 1. The highest BCUT2D eigenvalue weighted by Gasteiger charge is 2.17. The Labute approximate surface area is 125 Å². The number of nitriles is 1. The normalized spacial score (nSPS) is 18.4. The molecule has 4 heteroatoms. The molecule has 0 spiro atoms. The number of hydrogen-bond donors (Lipinski definition) is 1. The van der Waals surface area contributed by atoms with E-state index in [-0.39, 0.29) is 0 Å². The second-order valence-corrected chi connectivity index (χ2v) is 5.69. The number of para-hydroxylation sites is 1. The Kier molecular flexibility index (Phi) is 4.03. The summed E-state index contributed by atoms with van der Waals surface area (Å²) in [5, 5.41) is 14.0. The largest absolute Gasteiger partial charge is 0.357 e. The number of pyridine rings is 1. The molecule has 2 heterocycles. The summed E-state index contributed by atoms with van der Waals surface area (Å²) in [5.74, 6) is 0.781. The molecular weight excluding hydrogens is 260 g/mol. The number of likely N-dealkylation sites (N-methyl/N-ethyl adjacent to an activating group) is 1. The summed E-state index contributed by atoms with van der Waals surface area (Å²) in [4.78, 5) is 6.79. The van der Waals surface area contributed by atoms with Gasteiger partial charge >= 0.3 is 0 Å². The molecule has 1 saturated heterocycles. The second kappa shape index (κ2) is 6.11. The van der Waals surface area contributed by atoms with Crippen LogP contribution in [0.25, 0.3) is 10.9 Å². The number of fused-ring (bicyclic) bond motifs is 1. The zero-order valence-corrected chi connectivity index (χ0v) is 12.3. The van der Waals surface area contributed by atoms with Gasteiger partial charge in [0.2, 0.25) is 0 Å². The molecule has 0 saturated carbocycles. The molecule has 1 aromatic carbocycles. The number of benzene rings is 1. The topological polar surface area (TPSA) is 52.0 Å². The molecule has 1 fully saturated rings. The van der Waals surface area contributed by atoms with Crippen LogP contribution in [-0.2, 0) is 0 Å². The summed E-state index contributed by atoms with van der Waals surface area (Å²) in [7, 11) is 2.02. The van der Waals surface area contributed by atoms with Gasteiger partial charge in [-0.3, -0.25) is 0 Å². The van der Waals surface area contributed by atoms with Crippen LogP contribution in [0.1, 0.15) is 24.8 Å². The highest BCUT2D eigenvalue weighted by molar-refractivity contribution is 5.83. The van der Waals surface area contributed by atoms with Gasteiger partial charge in [-0.2, -0.15) is 5.26 Å². The van der Waals surface area contributed by atoms with Crippen LogP contribution in [0.3, 0.4) is 0 Å². The fourth-order valence-electron chi connectivity index (χ4n) is 2.98. The number of rotatable bonds is 3. The van der Waals surface area contributed by atoms with Crippen molar-refractivity contribution >= 4 is 16.7 Å². The lowest BCUT2D eigenvalue weighted by molar-refractivity contribution is 0.403. The van der Waals surface area contributed by atoms with Crippen LogP contribution in [0.4, 0.5) is 5.82 Å². The van der Waals surface area contributed by atoms with Crippen molar-refractivity contribution < 1.29 is 0 Å². The lowest BCUT2D eigenvalue weighted by Gasteiger charge is -2.29. The average molecular weight is 280 g/mol.